The maximum atomic E-state index is 2.48. The number of hydrogen-bond acceptors (Lipinski definition) is 1. The summed E-state index contributed by atoms with van der Waals surface area (Å²) in [6, 6.07) is 63.6. The third kappa shape index (κ3) is 4.97. The molecule has 2 aliphatic rings. The van der Waals surface area contributed by atoms with Crippen LogP contribution in [0.4, 0.5) is 17.1 Å². The fourth-order valence-electron chi connectivity index (χ4n) is 10.3. The van der Waals surface area contributed by atoms with Gasteiger partial charge in [0.25, 0.3) is 0 Å². The molecule has 0 amide bonds. The van der Waals surface area contributed by atoms with Gasteiger partial charge in [-0.15, -0.1) is 0 Å². The van der Waals surface area contributed by atoms with Crippen LogP contribution in [0.1, 0.15) is 61.1 Å². The number of benzene rings is 8. The van der Waals surface area contributed by atoms with E-state index in [4.69, 9.17) is 0 Å². The molecule has 280 valence electrons. The van der Waals surface area contributed by atoms with Crippen LogP contribution in [0, 0.1) is 13.8 Å². The van der Waals surface area contributed by atoms with E-state index in [9.17, 15) is 0 Å². The quantitative estimate of drug-likeness (QED) is 0.170. The second-order valence-corrected chi connectivity index (χ2v) is 17.5. The van der Waals surface area contributed by atoms with Gasteiger partial charge < -0.3 is 9.47 Å². The van der Waals surface area contributed by atoms with Gasteiger partial charge >= 0.3 is 0 Å². The van der Waals surface area contributed by atoms with E-state index in [0.29, 0.717) is 0 Å². The number of aromatic nitrogens is 1. The Bertz CT molecular complexity index is 3140. The SMILES string of the molecule is Cc1cc2c(cc1C)C(C)(C)c1ccc(N(c3cccc(-n4c5ccccc5c5cc(-c6ccccc6)ccc54)c3)c3ccc4c(c3)C(C)(C)c3ccccc3-4)cc1-2. The molecule has 0 aliphatic heterocycles. The molecule has 0 saturated carbocycles. The molecule has 2 nitrogen and oxygen atoms in total. The summed E-state index contributed by atoms with van der Waals surface area (Å²) in [5, 5.41) is 2.51. The maximum absolute atomic E-state index is 2.48. The fourth-order valence-corrected chi connectivity index (χ4v) is 10.3. The Hall–Kier alpha value is -6.64. The Morgan fingerprint density at radius 3 is 1.84 bits per heavy atom. The largest absolute Gasteiger partial charge is 0.310 e. The van der Waals surface area contributed by atoms with Gasteiger partial charge in [-0.2, -0.15) is 0 Å². The van der Waals surface area contributed by atoms with Crippen LogP contribution in [-0.4, -0.2) is 4.57 Å². The minimum absolute atomic E-state index is 0.0767. The van der Waals surface area contributed by atoms with Crippen LogP contribution in [0.15, 0.2) is 170 Å². The highest BCUT2D eigenvalue weighted by molar-refractivity contribution is 6.10. The molecule has 11 rings (SSSR count). The molecule has 58 heavy (non-hydrogen) atoms. The third-order valence-corrected chi connectivity index (χ3v) is 13.5. The minimum Gasteiger partial charge on any atom is -0.310 e. The number of aryl methyl sites for hydroxylation is 2. The van der Waals surface area contributed by atoms with Crippen LogP contribution in [0.25, 0.3) is 60.9 Å². The zero-order valence-electron chi connectivity index (χ0n) is 34.1. The van der Waals surface area contributed by atoms with Crippen molar-refractivity contribution in [2.75, 3.05) is 4.90 Å². The first-order valence-corrected chi connectivity index (χ1v) is 20.6. The normalized spacial score (nSPS) is 14.3. The van der Waals surface area contributed by atoms with Gasteiger partial charge in [0.2, 0.25) is 0 Å². The van der Waals surface area contributed by atoms with Crippen LogP contribution in [-0.2, 0) is 10.8 Å². The molecule has 0 bridgehead atoms. The molecule has 9 aromatic rings. The smallest absolute Gasteiger partial charge is 0.0541 e. The monoisotopic (exact) mass is 746 g/mol. The lowest BCUT2D eigenvalue weighted by Gasteiger charge is -2.29. The summed E-state index contributed by atoms with van der Waals surface area (Å²) in [5.41, 5.74) is 22.8. The van der Waals surface area contributed by atoms with Gasteiger partial charge in [0.1, 0.15) is 0 Å². The molecular formula is C56H46N2. The average molecular weight is 747 g/mol. The van der Waals surface area contributed by atoms with Crippen molar-refractivity contribution in [3.8, 4) is 39.1 Å². The van der Waals surface area contributed by atoms with Crippen molar-refractivity contribution in [1.29, 1.82) is 0 Å². The summed E-state index contributed by atoms with van der Waals surface area (Å²) in [5.74, 6) is 0. The van der Waals surface area contributed by atoms with E-state index < -0.39 is 0 Å². The summed E-state index contributed by atoms with van der Waals surface area (Å²) in [6.07, 6.45) is 0. The summed E-state index contributed by atoms with van der Waals surface area (Å²) < 4.78 is 2.44. The van der Waals surface area contributed by atoms with Gasteiger partial charge in [-0.25, -0.2) is 0 Å². The van der Waals surface area contributed by atoms with Crippen molar-refractivity contribution >= 4 is 38.9 Å². The first kappa shape index (κ1) is 34.6. The first-order valence-electron chi connectivity index (χ1n) is 20.6. The molecule has 0 radical (unpaired) electrons. The Labute approximate surface area is 341 Å². The first-order chi connectivity index (χ1) is 28.1. The van der Waals surface area contributed by atoms with Crippen molar-refractivity contribution in [2.45, 2.75) is 52.4 Å². The maximum Gasteiger partial charge on any atom is 0.0541 e. The summed E-state index contributed by atoms with van der Waals surface area (Å²) in [7, 11) is 0. The molecule has 0 atom stereocenters. The van der Waals surface area contributed by atoms with Gasteiger partial charge in [0.05, 0.1) is 11.0 Å². The molecule has 0 unspecified atom stereocenters. The molecule has 2 aliphatic carbocycles. The lowest BCUT2D eigenvalue weighted by atomic mass is 9.81. The van der Waals surface area contributed by atoms with Crippen LogP contribution >= 0.6 is 0 Å². The highest BCUT2D eigenvalue weighted by atomic mass is 15.1. The van der Waals surface area contributed by atoms with E-state index in [1.807, 2.05) is 0 Å². The number of rotatable bonds is 5. The van der Waals surface area contributed by atoms with E-state index in [1.54, 1.807) is 0 Å². The Morgan fingerprint density at radius 2 is 1.00 bits per heavy atom. The van der Waals surface area contributed by atoms with Crippen LogP contribution in [0.2, 0.25) is 0 Å². The van der Waals surface area contributed by atoms with E-state index in [0.717, 1.165) is 22.7 Å². The van der Waals surface area contributed by atoms with Crippen LogP contribution < -0.4 is 4.90 Å². The van der Waals surface area contributed by atoms with E-state index in [1.165, 1.54) is 88.6 Å². The van der Waals surface area contributed by atoms with Crippen molar-refractivity contribution in [2.24, 2.45) is 0 Å². The Balaban J connectivity index is 1.12. The molecule has 1 heterocycles. The lowest BCUT2D eigenvalue weighted by molar-refractivity contribution is 0.659. The highest BCUT2D eigenvalue weighted by Gasteiger charge is 2.38. The summed E-state index contributed by atoms with van der Waals surface area (Å²) >= 11 is 0. The molecule has 8 aromatic carbocycles. The van der Waals surface area contributed by atoms with E-state index >= 15 is 0 Å². The summed E-state index contributed by atoms with van der Waals surface area (Å²) in [6.45, 7) is 14.0. The zero-order valence-corrected chi connectivity index (χ0v) is 34.1. The predicted octanol–water partition coefficient (Wildman–Crippen LogP) is 15.1. The molecule has 2 heteroatoms. The molecule has 0 fully saturated rings. The highest BCUT2D eigenvalue weighted by Crippen LogP contribution is 2.53. The van der Waals surface area contributed by atoms with Crippen LogP contribution in [0.3, 0.4) is 0 Å². The van der Waals surface area contributed by atoms with Gasteiger partial charge in [0.15, 0.2) is 0 Å². The second-order valence-electron chi connectivity index (χ2n) is 17.5. The lowest BCUT2D eigenvalue weighted by Crippen LogP contribution is -2.17. The second kappa shape index (κ2) is 12.4. The zero-order chi connectivity index (χ0) is 39.5. The Morgan fingerprint density at radius 1 is 0.379 bits per heavy atom. The summed E-state index contributed by atoms with van der Waals surface area (Å²) in [4.78, 5) is 2.48. The molecule has 0 spiro atoms. The van der Waals surface area contributed by atoms with Crippen molar-refractivity contribution in [1.82, 2.24) is 4.57 Å². The minimum atomic E-state index is -0.118. The number of para-hydroxylation sites is 1. The topological polar surface area (TPSA) is 8.17 Å². The van der Waals surface area contributed by atoms with Gasteiger partial charge in [0, 0.05) is 44.4 Å². The molecule has 0 N–H and O–H groups in total. The molecular weight excluding hydrogens is 701 g/mol. The Kier molecular flexibility index (Phi) is 7.41. The number of hydrogen-bond donors (Lipinski definition) is 0. The van der Waals surface area contributed by atoms with Crippen molar-refractivity contribution in [3.63, 3.8) is 0 Å². The van der Waals surface area contributed by atoms with Crippen molar-refractivity contribution < 1.29 is 0 Å². The van der Waals surface area contributed by atoms with Crippen molar-refractivity contribution in [3.05, 3.63) is 203 Å². The molecule has 1 aromatic heterocycles. The van der Waals surface area contributed by atoms with Gasteiger partial charge in [-0.3, -0.25) is 0 Å². The van der Waals surface area contributed by atoms with Crippen LogP contribution in [0.5, 0.6) is 0 Å². The number of anilines is 3. The number of nitrogens with zero attached hydrogens (tertiary/aromatic N) is 2. The molecule has 0 saturated heterocycles. The fraction of sp³-hybridized carbons (Fsp3) is 0.143. The third-order valence-electron chi connectivity index (χ3n) is 13.5. The number of fused-ring (bicyclic) bond motifs is 9. The van der Waals surface area contributed by atoms with Gasteiger partial charge in [-0.1, -0.05) is 137 Å². The average Bonchev–Trinajstić information content (AvgIpc) is 3.78. The standard InChI is InChI=1S/C56H46N2/c1-35-29-46-47-33-41(25-27-50(47)56(5,6)51(46)30-36(35)2)57(42-24-26-44-43-19-10-12-21-49(43)55(3,4)52(44)34-42)39-17-14-18-40(32-39)58-53-22-13-11-20-45(53)48-31-38(23-28-54(48)58)37-15-8-7-9-16-37/h7-34H,1-6H3. The van der Waals surface area contributed by atoms with Gasteiger partial charge in [-0.05, 0) is 141 Å². The van der Waals surface area contributed by atoms with E-state index in [2.05, 4.69) is 221 Å². The predicted molar refractivity (Wildman–Crippen MR) is 246 cm³/mol. The van der Waals surface area contributed by atoms with E-state index in [-0.39, 0.29) is 10.8 Å².